The SMILES string of the molecule is Cl.Cn1ccnc1C1CNCCN1C(=O)C1CCN(C(=O)c2ccccc2)CC1. The number of likely N-dealkylation sites (tertiary alicyclic amines) is 1. The van der Waals surface area contributed by atoms with E-state index in [4.69, 9.17) is 0 Å². The topological polar surface area (TPSA) is 70.5 Å². The first-order valence-electron chi connectivity index (χ1n) is 9.98. The van der Waals surface area contributed by atoms with Gasteiger partial charge in [0.25, 0.3) is 5.91 Å². The zero-order valence-corrected chi connectivity index (χ0v) is 17.5. The van der Waals surface area contributed by atoms with E-state index in [1.54, 1.807) is 6.20 Å². The lowest BCUT2D eigenvalue weighted by Crippen LogP contribution is -2.52. The monoisotopic (exact) mass is 417 g/mol. The van der Waals surface area contributed by atoms with Crippen LogP contribution >= 0.6 is 12.4 Å². The number of piperazine rings is 1. The minimum Gasteiger partial charge on any atom is -0.339 e. The van der Waals surface area contributed by atoms with Crippen LogP contribution in [0, 0.1) is 5.92 Å². The Hall–Kier alpha value is -2.38. The fourth-order valence-electron chi connectivity index (χ4n) is 4.22. The summed E-state index contributed by atoms with van der Waals surface area (Å²) >= 11 is 0. The number of imidazole rings is 1. The smallest absolute Gasteiger partial charge is 0.253 e. The molecule has 0 aliphatic carbocycles. The molecule has 1 unspecified atom stereocenters. The van der Waals surface area contributed by atoms with Crippen molar-refractivity contribution in [2.45, 2.75) is 18.9 Å². The molecule has 156 valence electrons. The van der Waals surface area contributed by atoms with Crippen molar-refractivity contribution in [1.82, 2.24) is 24.7 Å². The first kappa shape index (κ1) is 21.3. The summed E-state index contributed by atoms with van der Waals surface area (Å²) in [6.07, 6.45) is 5.13. The van der Waals surface area contributed by atoms with Gasteiger partial charge in [-0.3, -0.25) is 9.59 Å². The van der Waals surface area contributed by atoms with Crippen LogP contribution in [-0.4, -0.2) is 63.9 Å². The van der Waals surface area contributed by atoms with E-state index in [9.17, 15) is 9.59 Å². The third-order valence-corrected chi connectivity index (χ3v) is 5.84. The normalized spacial score (nSPS) is 20.2. The van der Waals surface area contributed by atoms with Gasteiger partial charge in [-0.15, -0.1) is 12.4 Å². The van der Waals surface area contributed by atoms with E-state index in [2.05, 4.69) is 10.3 Å². The summed E-state index contributed by atoms with van der Waals surface area (Å²) in [5.74, 6) is 1.14. The molecule has 2 aromatic rings. The van der Waals surface area contributed by atoms with Crippen LogP contribution in [0.1, 0.15) is 35.1 Å². The molecule has 1 aromatic heterocycles. The molecule has 2 amide bonds. The van der Waals surface area contributed by atoms with Crippen LogP contribution in [0.15, 0.2) is 42.7 Å². The average Bonchev–Trinajstić information content (AvgIpc) is 3.19. The number of aryl methyl sites for hydroxylation is 1. The lowest BCUT2D eigenvalue weighted by molar-refractivity contribution is -0.140. The van der Waals surface area contributed by atoms with Crippen molar-refractivity contribution in [3.63, 3.8) is 0 Å². The maximum Gasteiger partial charge on any atom is 0.253 e. The fraction of sp³-hybridized carbons (Fsp3) is 0.476. The molecular weight excluding hydrogens is 390 g/mol. The van der Waals surface area contributed by atoms with Crippen LogP contribution in [0.4, 0.5) is 0 Å². The predicted octanol–water partition coefficient (Wildman–Crippen LogP) is 1.87. The van der Waals surface area contributed by atoms with Crippen molar-refractivity contribution in [3.8, 4) is 0 Å². The standard InChI is InChI=1S/C21H27N5O2.ClH/c1-24-13-10-23-19(24)18-15-22-9-14-26(18)21(28)17-7-11-25(12-8-17)20(27)16-5-3-2-4-6-16;/h2-6,10,13,17-18,22H,7-9,11-12,14-15H2,1H3;1H. The van der Waals surface area contributed by atoms with Crippen molar-refractivity contribution in [1.29, 1.82) is 0 Å². The average molecular weight is 418 g/mol. The van der Waals surface area contributed by atoms with Gasteiger partial charge in [0.2, 0.25) is 5.91 Å². The molecule has 0 spiro atoms. The van der Waals surface area contributed by atoms with Crippen molar-refractivity contribution in [2.75, 3.05) is 32.7 Å². The van der Waals surface area contributed by atoms with Gasteiger partial charge < -0.3 is 19.7 Å². The van der Waals surface area contributed by atoms with Gasteiger partial charge in [-0.2, -0.15) is 0 Å². The second-order valence-corrected chi connectivity index (χ2v) is 7.58. The van der Waals surface area contributed by atoms with E-state index in [0.717, 1.165) is 18.9 Å². The highest BCUT2D eigenvalue weighted by molar-refractivity contribution is 5.94. The molecule has 0 radical (unpaired) electrons. The number of nitrogens with one attached hydrogen (secondary N) is 1. The molecule has 1 aromatic carbocycles. The second-order valence-electron chi connectivity index (χ2n) is 7.58. The summed E-state index contributed by atoms with van der Waals surface area (Å²) in [5, 5.41) is 3.38. The molecule has 2 saturated heterocycles. The van der Waals surface area contributed by atoms with E-state index in [1.165, 1.54) is 0 Å². The first-order chi connectivity index (χ1) is 13.6. The molecule has 0 saturated carbocycles. The third kappa shape index (κ3) is 4.46. The Balaban J connectivity index is 0.00000240. The number of amides is 2. The van der Waals surface area contributed by atoms with E-state index in [1.807, 2.05) is 57.9 Å². The Morgan fingerprint density at radius 1 is 1.10 bits per heavy atom. The quantitative estimate of drug-likeness (QED) is 0.827. The number of benzene rings is 1. The first-order valence-corrected chi connectivity index (χ1v) is 9.98. The summed E-state index contributed by atoms with van der Waals surface area (Å²) in [5.41, 5.74) is 0.712. The lowest BCUT2D eigenvalue weighted by atomic mass is 9.93. The number of hydrogen-bond acceptors (Lipinski definition) is 4. The van der Waals surface area contributed by atoms with Gasteiger partial charge in [0.05, 0.1) is 0 Å². The van der Waals surface area contributed by atoms with Crippen LogP contribution < -0.4 is 5.32 Å². The number of carbonyl (C=O) groups excluding carboxylic acids is 2. The predicted molar refractivity (Wildman–Crippen MR) is 113 cm³/mol. The minimum atomic E-state index is -0.0368. The van der Waals surface area contributed by atoms with Crippen LogP contribution in [0.2, 0.25) is 0 Å². The summed E-state index contributed by atoms with van der Waals surface area (Å²) in [6.45, 7) is 3.48. The zero-order chi connectivity index (χ0) is 19.5. The molecule has 0 bridgehead atoms. The number of carbonyl (C=O) groups is 2. The van der Waals surface area contributed by atoms with Gasteiger partial charge in [-0.25, -0.2) is 4.98 Å². The van der Waals surface area contributed by atoms with Gasteiger partial charge in [-0.05, 0) is 25.0 Å². The largest absolute Gasteiger partial charge is 0.339 e. The number of halogens is 1. The molecule has 8 heteroatoms. The maximum absolute atomic E-state index is 13.3. The minimum absolute atomic E-state index is 0. The molecular formula is C21H28ClN5O2. The van der Waals surface area contributed by atoms with Crippen LogP contribution in [-0.2, 0) is 11.8 Å². The molecule has 2 fully saturated rings. The molecule has 2 aliphatic rings. The van der Waals surface area contributed by atoms with Crippen LogP contribution in [0.5, 0.6) is 0 Å². The summed E-state index contributed by atoms with van der Waals surface area (Å²) in [6, 6.07) is 9.32. The van der Waals surface area contributed by atoms with Gasteiger partial charge >= 0.3 is 0 Å². The molecule has 7 nitrogen and oxygen atoms in total. The number of rotatable bonds is 3. The van der Waals surface area contributed by atoms with Crippen LogP contribution in [0.3, 0.4) is 0 Å². The van der Waals surface area contributed by atoms with Gasteiger partial charge in [0, 0.05) is 63.6 Å². The number of hydrogen-bond donors (Lipinski definition) is 1. The summed E-state index contributed by atoms with van der Waals surface area (Å²) in [4.78, 5) is 34.2. The maximum atomic E-state index is 13.3. The Labute approximate surface area is 177 Å². The third-order valence-electron chi connectivity index (χ3n) is 5.84. The van der Waals surface area contributed by atoms with Crippen molar-refractivity contribution >= 4 is 24.2 Å². The number of piperidine rings is 1. The van der Waals surface area contributed by atoms with E-state index in [-0.39, 0.29) is 36.2 Å². The highest BCUT2D eigenvalue weighted by Gasteiger charge is 2.36. The van der Waals surface area contributed by atoms with Gasteiger partial charge in [0.1, 0.15) is 11.9 Å². The van der Waals surface area contributed by atoms with E-state index in [0.29, 0.717) is 38.0 Å². The molecule has 2 aliphatic heterocycles. The molecule has 4 rings (SSSR count). The van der Waals surface area contributed by atoms with E-state index >= 15 is 0 Å². The Morgan fingerprint density at radius 2 is 1.83 bits per heavy atom. The van der Waals surface area contributed by atoms with Gasteiger partial charge in [0.15, 0.2) is 0 Å². The highest BCUT2D eigenvalue weighted by Crippen LogP contribution is 2.27. The summed E-state index contributed by atoms with van der Waals surface area (Å²) in [7, 11) is 1.97. The lowest BCUT2D eigenvalue weighted by Gasteiger charge is -2.40. The van der Waals surface area contributed by atoms with E-state index < -0.39 is 0 Å². The summed E-state index contributed by atoms with van der Waals surface area (Å²) < 4.78 is 1.99. The second kappa shape index (κ2) is 9.41. The van der Waals surface area contributed by atoms with Crippen LogP contribution in [0.25, 0.3) is 0 Å². The molecule has 3 heterocycles. The molecule has 1 N–H and O–H groups in total. The zero-order valence-electron chi connectivity index (χ0n) is 16.7. The van der Waals surface area contributed by atoms with Crippen molar-refractivity contribution in [2.24, 2.45) is 13.0 Å². The molecule has 29 heavy (non-hydrogen) atoms. The number of nitrogens with zero attached hydrogens (tertiary/aromatic N) is 4. The molecule has 1 atom stereocenters. The van der Waals surface area contributed by atoms with Crippen molar-refractivity contribution in [3.05, 3.63) is 54.1 Å². The fourth-order valence-corrected chi connectivity index (χ4v) is 4.22. The Kier molecular flexibility index (Phi) is 6.92. The Morgan fingerprint density at radius 3 is 2.48 bits per heavy atom. The number of aromatic nitrogens is 2. The highest BCUT2D eigenvalue weighted by atomic mass is 35.5. The Bertz CT molecular complexity index is 833. The van der Waals surface area contributed by atoms with Crippen molar-refractivity contribution < 1.29 is 9.59 Å². The van der Waals surface area contributed by atoms with Gasteiger partial charge in [-0.1, -0.05) is 18.2 Å².